The van der Waals surface area contributed by atoms with Crippen LogP contribution in [-0.2, 0) is 0 Å². The van der Waals surface area contributed by atoms with Crippen LogP contribution in [0.1, 0.15) is 11.9 Å². The lowest BCUT2D eigenvalue weighted by Gasteiger charge is -2.05. The lowest BCUT2D eigenvalue weighted by atomic mass is 10.4. The molecule has 0 spiro atoms. The zero-order valence-electron chi connectivity index (χ0n) is 5.39. The van der Waals surface area contributed by atoms with Gasteiger partial charge in [-0.3, -0.25) is 0 Å². The van der Waals surface area contributed by atoms with Gasteiger partial charge in [0.25, 0.3) is 0 Å². The molecule has 1 aromatic heterocycles. The normalized spacial score (nSPS) is 13.6. The van der Waals surface area contributed by atoms with Gasteiger partial charge >= 0.3 is 0 Å². The van der Waals surface area contributed by atoms with Gasteiger partial charge in [-0.1, -0.05) is 0 Å². The summed E-state index contributed by atoms with van der Waals surface area (Å²) in [5.41, 5.74) is 6.61. The number of aromatic nitrogens is 1. The minimum Gasteiger partial charge on any atom is -0.363 e. The standard InChI is InChI=1S/C6H11N3/c1-8-6(7)5-3-2-4-9-5/h2-4,6,8-9H,7H2,1H3. The molecule has 0 saturated heterocycles. The van der Waals surface area contributed by atoms with Gasteiger partial charge in [-0.25, -0.2) is 0 Å². The molecule has 1 heterocycles. The van der Waals surface area contributed by atoms with Crippen LogP contribution < -0.4 is 11.1 Å². The first-order valence-electron chi connectivity index (χ1n) is 2.90. The first-order chi connectivity index (χ1) is 4.34. The van der Waals surface area contributed by atoms with Crippen molar-refractivity contribution in [2.75, 3.05) is 7.05 Å². The molecule has 3 heteroatoms. The van der Waals surface area contributed by atoms with E-state index in [0.717, 1.165) is 5.69 Å². The van der Waals surface area contributed by atoms with E-state index in [0.29, 0.717) is 0 Å². The Hall–Kier alpha value is -0.800. The highest BCUT2D eigenvalue weighted by Gasteiger charge is 1.99. The van der Waals surface area contributed by atoms with E-state index in [2.05, 4.69) is 10.3 Å². The molecule has 1 atom stereocenters. The number of hydrogen-bond acceptors (Lipinski definition) is 2. The average Bonchev–Trinajstić information content (AvgIpc) is 2.37. The van der Waals surface area contributed by atoms with Crippen LogP contribution in [0.25, 0.3) is 0 Å². The summed E-state index contributed by atoms with van der Waals surface area (Å²) in [6, 6.07) is 3.87. The summed E-state index contributed by atoms with van der Waals surface area (Å²) >= 11 is 0. The van der Waals surface area contributed by atoms with Crippen molar-refractivity contribution in [2.24, 2.45) is 5.73 Å². The SMILES string of the molecule is CNC(N)c1ccc[nH]1. The van der Waals surface area contributed by atoms with E-state index in [1.54, 1.807) is 0 Å². The highest BCUT2D eigenvalue weighted by molar-refractivity contribution is 5.06. The Bertz CT molecular complexity index is 157. The van der Waals surface area contributed by atoms with Crippen LogP contribution in [0.4, 0.5) is 0 Å². The summed E-state index contributed by atoms with van der Waals surface area (Å²) in [5.74, 6) is 0. The number of rotatable bonds is 2. The molecule has 3 nitrogen and oxygen atoms in total. The maximum absolute atomic E-state index is 5.60. The van der Waals surface area contributed by atoms with Gasteiger partial charge in [-0.05, 0) is 19.2 Å². The third-order valence-electron chi connectivity index (χ3n) is 1.27. The molecule has 0 aliphatic heterocycles. The largest absolute Gasteiger partial charge is 0.363 e. The van der Waals surface area contributed by atoms with Crippen LogP contribution in [0.15, 0.2) is 18.3 Å². The third-order valence-corrected chi connectivity index (χ3v) is 1.27. The van der Waals surface area contributed by atoms with Crippen LogP contribution >= 0.6 is 0 Å². The second kappa shape index (κ2) is 2.66. The van der Waals surface area contributed by atoms with Crippen molar-refractivity contribution in [2.45, 2.75) is 6.17 Å². The molecule has 0 fully saturated rings. The monoisotopic (exact) mass is 125 g/mol. The second-order valence-corrected chi connectivity index (χ2v) is 1.89. The van der Waals surface area contributed by atoms with Crippen LogP contribution in [0.2, 0.25) is 0 Å². The molecule has 1 rings (SSSR count). The molecule has 9 heavy (non-hydrogen) atoms. The fourth-order valence-corrected chi connectivity index (χ4v) is 0.693. The Morgan fingerprint density at radius 1 is 1.78 bits per heavy atom. The molecular weight excluding hydrogens is 114 g/mol. The van der Waals surface area contributed by atoms with Crippen LogP contribution in [0.3, 0.4) is 0 Å². The molecule has 0 amide bonds. The zero-order valence-corrected chi connectivity index (χ0v) is 5.39. The van der Waals surface area contributed by atoms with Crippen molar-refractivity contribution >= 4 is 0 Å². The first-order valence-corrected chi connectivity index (χ1v) is 2.90. The van der Waals surface area contributed by atoms with Gasteiger partial charge in [-0.15, -0.1) is 0 Å². The van der Waals surface area contributed by atoms with Gasteiger partial charge in [-0.2, -0.15) is 0 Å². The number of nitrogens with one attached hydrogen (secondary N) is 2. The zero-order chi connectivity index (χ0) is 6.69. The fourth-order valence-electron chi connectivity index (χ4n) is 0.693. The minimum atomic E-state index is -0.0694. The molecule has 0 aliphatic carbocycles. The fraction of sp³-hybridized carbons (Fsp3) is 0.333. The van der Waals surface area contributed by atoms with Crippen molar-refractivity contribution in [1.29, 1.82) is 0 Å². The molecule has 0 radical (unpaired) electrons. The van der Waals surface area contributed by atoms with E-state index in [1.165, 1.54) is 0 Å². The maximum Gasteiger partial charge on any atom is 0.0960 e. The Kier molecular flexibility index (Phi) is 1.87. The van der Waals surface area contributed by atoms with E-state index < -0.39 is 0 Å². The number of aromatic amines is 1. The third kappa shape index (κ3) is 1.31. The van der Waals surface area contributed by atoms with Crippen molar-refractivity contribution in [3.8, 4) is 0 Å². The maximum atomic E-state index is 5.60. The Morgan fingerprint density at radius 3 is 3.00 bits per heavy atom. The van der Waals surface area contributed by atoms with Crippen LogP contribution in [0.5, 0.6) is 0 Å². The van der Waals surface area contributed by atoms with Gasteiger partial charge in [0.05, 0.1) is 6.17 Å². The lowest BCUT2D eigenvalue weighted by molar-refractivity contribution is 0.608. The smallest absolute Gasteiger partial charge is 0.0960 e. The minimum absolute atomic E-state index is 0.0694. The second-order valence-electron chi connectivity index (χ2n) is 1.89. The predicted molar refractivity (Wildman–Crippen MR) is 36.8 cm³/mol. The Morgan fingerprint density at radius 2 is 2.56 bits per heavy atom. The highest BCUT2D eigenvalue weighted by Crippen LogP contribution is 2.00. The summed E-state index contributed by atoms with van der Waals surface area (Å²) in [5, 5.41) is 2.91. The van der Waals surface area contributed by atoms with Gasteiger partial charge in [0.2, 0.25) is 0 Å². The van der Waals surface area contributed by atoms with Crippen LogP contribution in [0, 0.1) is 0 Å². The molecule has 0 aliphatic rings. The molecule has 50 valence electrons. The van der Waals surface area contributed by atoms with Gasteiger partial charge in [0.1, 0.15) is 0 Å². The van der Waals surface area contributed by atoms with Gasteiger partial charge in [0, 0.05) is 11.9 Å². The Labute approximate surface area is 54.3 Å². The van der Waals surface area contributed by atoms with E-state index >= 15 is 0 Å². The lowest BCUT2D eigenvalue weighted by Crippen LogP contribution is -2.24. The topological polar surface area (TPSA) is 53.8 Å². The molecule has 0 bridgehead atoms. The number of nitrogens with two attached hydrogens (primary N) is 1. The molecular formula is C6H11N3. The van der Waals surface area contributed by atoms with E-state index in [4.69, 9.17) is 5.73 Å². The quantitative estimate of drug-likeness (QED) is 0.494. The first kappa shape index (κ1) is 6.32. The van der Waals surface area contributed by atoms with Gasteiger partial charge in [0.15, 0.2) is 0 Å². The van der Waals surface area contributed by atoms with E-state index in [9.17, 15) is 0 Å². The summed E-state index contributed by atoms with van der Waals surface area (Å²) in [4.78, 5) is 3.00. The van der Waals surface area contributed by atoms with E-state index in [-0.39, 0.29) is 6.17 Å². The highest BCUT2D eigenvalue weighted by atomic mass is 15.0. The van der Waals surface area contributed by atoms with Crippen LogP contribution in [-0.4, -0.2) is 12.0 Å². The number of hydrogen-bond donors (Lipinski definition) is 3. The summed E-state index contributed by atoms with van der Waals surface area (Å²) in [6.45, 7) is 0. The summed E-state index contributed by atoms with van der Waals surface area (Å²) in [6.07, 6.45) is 1.78. The van der Waals surface area contributed by atoms with Crippen molar-refractivity contribution in [3.63, 3.8) is 0 Å². The average molecular weight is 125 g/mol. The van der Waals surface area contributed by atoms with E-state index in [1.807, 2.05) is 25.4 Å². The summed E-state index contributed by atoms with van der Waals surface area (Å²) < 4.78 is 0. The summed E-state index contributed by atoms with van der Waals surface area (Å²) in [7, 11) is 1.82. The molecule has 1 unspecified atom stereocenters. The predicted octanol–water partition coefficient (Wildman–Crippen LogP) is 0.191. The van der Waals surface area contributed by atoms with Crippen molar-refractivity contribution < 1.29 is 0 Å². The van der Waals surface area contributed by atoms with Crippen molar-refractivity contribution in [1.82, 2.24) is 10.3 Å². The number of H-pyrrole nitrogens is 1. The van der Waals surface area contributed by atoms with Crippen molar-refractivity contribution in [3.05, 3.63) is 24.0 Å². The molecule has 1 aromatic rings. The molecule has 0 saturated carbocycles. The Balaban J connectivity index is 2.65. The van der Waals surface area contributed by atoms with Gasteiger partial charge < -0.3 is 16.0 Å². The molecule has 0 aromatic carbocycles. The molecule has 4 N–H and O–H groups in total.